The largest absolute Gasteiger partial charge is 0.325 e. The molecular weight excluding hydrogens is 139 g/mol. The van der Waals surface area contributed by atoms with Gasteiger partial charge in [0.15, 0.2) is 0 Å². The molecule has 0 aliphatic heterocycles. The van der Waals surface area contributed by atoms with Gasteiger partial charge in [-0.25, -0.2) is 4.39 Å². The summed E-state index contributed by atoms with van der Waals surface area (Å²) in [5.41, 5.74) is 0. The van der Waals surface area contributed by atoms with Crippen LogP contribution in [0.3, 0.4) is 0 Å². The second kappa shape index (κ2) is 2.85. The highest BCUT2D eigenvalue weighted by molar-refractivity contribution is 7.93. The first kappa shape index (κ1) is 6.58. The maximum absolute atomic E-state index is 12.4. The van der Waals surface area contributed by atoms with Gasteiger partial charge in [0.05, 0.1) is 4.90 Å². The Hall–Kier alpha value is -0.540. The first-order valence-electron chi connectivity index (χ1n) is 2.40. The van der Waals surface area contributed by atoms with Crippen molar-refractivity contribution in [3.05, 3.63) is 30.1 Å². The minimum absolute atomic E-state index is 0.262. The van der Waals surface area contributed by atoms with E-state index in [0.717, 1.165) is 0 Å². The molecule has 0 spiro atoms. The second-order valence-electron chi connectivity index (χ2n) is 1.52. The topological polar surface area (TPSA) is 20.2 Å². The first-order valence-corrected chi connectivity index (χ1v) is 3.18. The molecule has 1 N–H and O–H groups in total. The Morgan fingerprint density at radius 3 is 2.44 bits per heavy atom. The summed E-state index contributed by atoms with van der Waals surface area (Å²) in [6.07, 6.45) is 0. The fourth-order valence-electron chi connectivity index (χ4n) is 0.519. The van der Waals surface area contributed by atoms with Crippen LogP contribution in [-0.2, 0) is 0 Å². The fraction of sp³-hybridized carbons (Fsp3) is 0. The van der Waals surface area contributed by atoms with E-state index < -0.39 is 0 Å². The Bertz CT molecular complexity index is 202. The molecule has 0 aliphatic carbocycles. The van der Waals surface area contributed by atoms with Crippen molar-refractivity contribution in [3.8, 4) is 0 Å². The maximum Gasteiger partial charge on any atom is 0.139 e. The third-order valence-corrected chi connectivity index (χ3v) is 1.46. The van der Waals surface area contributed by atoms with Crippen molar-refractivity contribution < 1.29 is 8.94 Å². The van der Waals surface area contributed by atoms with E-state index in [2.05, 4.69) is 0 Å². The van der Waals surface area contributed by atoms with E-state index in [4.69, 9.17) is 4.55 Å². The lowest BCUT2D eigenvalue weighted by molar-refractivity contribution is 0.591. The fourth-order valence-corrected chi connectivity index (χ4v) is 0.813. The van der Waals surface area contributed by atoms with Crippen LogP contribution in [0.25, 0.3) is 0 Å². The summed E-state index contributed by atoms with van der Waals surface area (Å²) >= 11 is 0.420. The Morgan fingerprint density at radius 1 is 1.33 bits per heavy atom. The molecule has 0 atom stereocenters. The van der Waals surface area contributed by atoms with Crippen LogP contribution >= 0.6 is 12.0 Å². The lowest BCUT2D eigenvalue weighted by Gasteiger charge is -1.92. The van der Waals surface area contributed by atoms with Crippen molar-refractivity contribution in [1.82, 2.24) is 0 Å². The molecule has 48 valence electrons. The Morgan fingerprint density at radius 2 is 2.00 bits per heavy atom. The molecule has 3 heteroatoms. The molecule has 0 aliphatic rings. The van der Waals surface area contributed by atoms with Crippen LogP contribution in [-0.4, -0.2) is 4.55 Å². The smallest absolute Gasteiger partial charge is 0.139 e. The van der Waals surface area contributed by atoms with Gasteiger partial charge in [-0.05, 0) is 12.1 Å². The molecule has 9 heavy (non-hydrogen) atoms. The van der Waals surface area contributed by atoms with Gasteiger partial charge in [0.25, 0.3) is 0 Å². The maximum atomic E-state index is 12.4. The molecule has 0 unspecified atom stereocenters. The molecule has 0 saturated heterocycles. The molecule has 0 aromatic heterocycles. The predicted octanol–water partition coefficient (Wildman–Crippen LogP) is 2.39. The van der Waals surface area contributed by atoms with Gasteiger partial charge in [0.1, 0.15) is 5.82 Å². The highest BCUT2D eigenvalue weighted by Crippen LogP contribution is 2.16. The van der Waals surface area contributed by atoms with Crippen LogP contribution in [0.5, 0.6) is 0 Å². The van der Waals surface area contributed by atoms with Crippen molar-refractivity contribution in [1.29, 1.82) is 0 Å². The van der Waals surface area contributed by atoms with E-state index in [0.29, 0.717) is 12.0 Å². The third kappa shape index (κ3) is 1.43. The van der Waals surface area contributed by atoms with Crippen molar-refractivity contribution in [2.75, 3.05) is 0 Å². The molecule has 1 nitrogen and oxygen atoms in total. The Labute approximate surface area is 56.7 Å². The van der Waals surface area contributed by atoms with Gasteiger partial charge in [-0.1, -0.05) is 12.1 Å². The second-order valence-corrected chi connectivity index (χ2v) is 2.14. The van der Waals surface area contributed by atoms with Gasteiger partial charge >= 0.3 is 0 Å². The third-order valence-electron chi connectivity index (χ3n) is 0.935. The van der Waals surface area contributed by atoms with Crippen molar-refractivity contribution >= 4 is 12.0 Å². The summed E-state index contributed by atoms with van der Waals surface area (Å²) in [6, 6.07) is 6.06. The van der Waals surface area contributed by atoms with Crippen LogP contribution < -0.4 is 0 Å². The lowest BCUT2D eigenvalue weighted by Crippen LogP contribution is -1.75. The minimum atomic E-state index is -0.384. The van der Waals surface area contributed by atoms with Gasteiger partial charge in [0.2, 0.25) is 0 Å². The van der Waals surface area contributed by atoms with Crippen LogP contribution in [0.2, 0.25) is 0 Å². The van der Waals surface area contributed by atoms with Gasteiger partial charge < -0.3 is 4.55 Å². The van der Waals surface area contributed by atoms with Crippen molar-refractivity contribution in [3.63, 3.8) is 0 Å². The molecule has 0 heterocycles. The zero-order valence-corrected chi connectivity index (χ0v) is 5.36. The standard InChI is InChI=1S/C6H5FOS/c7-5-3-1-2-4-6(5)9-8/h1-4,8H. The number of hydrogen-bond donors (Lipinski definition) is 1. The highest BCUT2D eigenvalue weighted by Gasteiger charge is 1.96. The van der Waals surface area contributed by atoms with Crippen molar-refractivity contribution in [2.24, 2.45) is 0 Å². The number of hydrogen-bond acceptors (Lipinski definition) is 2. The van der Waals surface area contributed by atoms with E-state index in [1.54, 1.807) is 12.1 Å². The van der Waals surface area contributed by atoms with Crippen LogP contribution in [0.15, 0.2) is 29.2 Å². The monoisotopic (exact) mass is 144 g/mol. The van der Waals surface area contributed by atoms with Gasteiger partial charge in [-0.3, -0.25) is 0 Å². The number of rotatable bonds is 1. The highest BCUT2D eigenvalue weighted by atomic mass is 32.2. The molecule has 0 bridgehead atoms. The van der Waals surface area contributed by atoms with Gasteiger partial charge in [-0.2, -0.15) is 0 Å². The molecule has 1 rings (SSSR count). The summed E-state index contributed by atoms with van der Waals surface area (Å²) in [4.78, 5) is 0.262. The van der Waals surface area contributed by atoms with E-state index in [9.17, 15) is 4.39 Å². The molecule has 1 aromatic rings. The molecule has 1 aromatic carbocycles. The summed E-state index contributed by atoms with van der Waals surface area (Å²) in [5, 5.41) is 0. The van der Waals surface area contributed by atoms with E-state index >= 15 is 0 Å². The summed E-state index contributed by atoms with van der Waals surface area (Å²) in [7, 11) is 0. The summed E-state index contributed by atoms with van der Waals surface area (Å²) < 4.78 is 20.8. The van der Waals surface area contributed by atoms with E-state index in [-0.39, 0.29) is 10.7 Å². The summed E-state index contributed by atoms with van der Waals surface area (Å²) in [6.45, 7) is 0. The van der Waals surface area contributed by atoms with Crippen LogP contribution in [0.1, 0.15) is 0 Å². The SMILES string of the molecule is OSc1ccccc1F. The predicted molar refractivity (Wildman–Crippen MR) is 34.9 cm³/mol. The minimum Gasteiger partial charge on any atom is -0.325 e. The lowest BCUT2D eigenvalue weighted by atomic mass is 10.4. The Kier molecular flexibility index (Phi) is 2.08. The van der Waals surface area contributed by atoms with Crippen LogP contribution in [0, 0.1) is 5.82 Å². The molecule has 0 fully saturated rings. The average molecular weight is 144 g/mol. The molecule has 0 amide bonds. The zero-order chi connectivity index (χ0) is 6.69. The van der Waals surface area contributed by atoms with Crippen molar-refractivity contribution in [2.45, 2.75) is 4.90 Å². The zero-order valence-electron chi connectivity index (χ0n) is 4.54. The quantitative estimate of drug-likeness (QED) is 0.610. The van der Waals surface area contributed by atoms with Crippen LogP contribution in [0.4, 0.5) is 4.39 Å². The van der Waals surface area contributed by atoms with E-state index in [1.807, 2.05) is 0 Å². The molecule has 0 radical (unpaired) electrons. The summed E-state index contributed by atoms with van der Waals surface area (Å²) in [5.74, 6) is -0.384. The Balaban J connectivity index is 3.01. The average Bonchev–Trinajstić information content (AvgIpc) is 1.89. The first-order chi connectivity index (χ1) is 4.34. The number of halogens is 1. The number of benzene rings is 1. The van der Waals surface area contributed by atoms with Gasteiger partial charge in [0, 0.05) is 12.0 Å². The normalized spacial score (nSPS) is 9.56. The molecule has 0 saturated carbocycles. The van der Waals surface area contributed by atoms with E-state index in [1.165, 1.54) is 12.1 Å². The van der Waals surface area contributed by atoms with Gasteiger partial charge in [-0.15, -0.1) is 0 Å². The molecular formula is C6H5FOS.